The summed E-state index contributed by atoms with van der Waals surface area (Å²) < 4.78 is 2.20. The van der Waals surface area contributed by atoms with E-state index in [4.69, 9.17) is 0 Å². The minimum atomic E-state index is -0.0314. The van der Waals surface area contributed by atoms with Gasteiger partial charge in [-0.1, -0.05) is 48.0 Å². The van der Waals surface area contributed by atoms with Crippen LogP contribution in [-0.2, 0) is 11.3 Å². The molecule has 0 aliphatic carbocycles. The molecule has 0 radical (unpaired) electrons. The maximum absolute atomic E-state index is 12.2. The maximum atomic E-state index is 12.2. The van der Waals surface area contributed by atoms with Gasteiger partial charge in [0.2, 0.25) is 5.91 Å². The van der Waals surface area contributed by atoms with E-state index in [1.807, 2.05) is 6.20 Å². The van der Waals surface area contributed by atoms with Crippen molar-refractivity contribution in [2.75, 3.05) is 6.54 Å². The van der Waals surface area contributed by atoms with Crippen LogP contribution in [0.1, 0.15) is 31.7 Å². The third-order valence-corrected chi connectivity index (χ3v) is 5.49. The Bertz CT molecular complexity index is 678. The van der Waals surface area contributed by atoms with Crippen LogP contribution in [0.15, 0.2) is 35.6 Å². The minimum absolute atomic E-state index is 0.0314. The average molecular weight is 329 g/mol. The molecule has 1 aromatic heterocycles. The first-order valence-corrected chi connectivity index (χ1v) is 9.14. The third-order valence-electron chi connectivity index (χ3n) is 4.21. The molecular formula is C18H23N3OS. The highest BCUT2D eigenvalue weighted by molar-refractivity contribution is 8.00. The van der Waals surface area contributed by atoms with Crippen LogP contribution in [0.4, 0.5) is 0 Å². The summed E-state index contributed by atoms with van der Waals surface area (Å²) in [7, 11) is 0. The first-order chi connectivity index (χ1) is 11.2. The molecule has 0 saturated carbocycles. The molecule has 1 aromatic carbocycles. The van der Waals surface area contributed by atoms with Crippen LogP contribution in [0.5, 0.6) is 0 Å². The second kappa shape index (κ2) is 7.21. The maximum Gasteiger partial charge on any atom is 0.233 e. The number of nitrogens with zero attached hydrogens (tertiary/aromatic N) is 2. The Balaban J connectivity index is 1.85. The van der Waals surface area contributed by atoms with E-state index in [-0.39, 0.29) is 11.2 Å². The van der Waals surface area contributed by atoms with E-state index < -0.39 is 0 Å². The lowest BCUT2D eigenvalue weighted by Gasteiger charge is -2.14. The molecule has 3 rings (SSSR count). The van der Waals surface area contributed by atoms with Gasteiger partial charge in [0.15, 0.2) is 5.16 Å². The molecule has 1 saturated heterocycles. The average Bonchev–Trinajstić information content (AvgIpc) is 2.85. The summed E-state index contributed by atoms with van der Waals surface area (Å²) in [5, 5.41) is 3.90. The van der Waals surface area contributed by atoms with Crippen molar-refractivity contribution in [3.63, 3.8) is 0 Å². The van der Waals surface area contributed by atoms with Crippen LogP contribution in [0.2, 0.25) is 0 Å². The topological polar surface area (TPSA) is 46.9 Å². The molecule has 0 spiro atoms. The quantitative estimate of drug-likeness (QED) is 0.931. The largest absolute Gasteiger partial charge is 0.355 e. The van der Waals surface area contributed by atoms with Crippen molar-refractivity contribution in [3.8, 4) is 11.3 Å². The molecule has 1 N–H and O–H groups in total. The number of nitrogens with one attached hydrogen (secondary N) is 1. The Morgan fingerprint density at radius 1 is 1.30 bits per heavy atom. The van der Waals surface area contributed by atoms with Gasteiger partial charge >= 0.3 is 0 Å². The smallest absolute Gasteiger partial charge is 0.233 e. The number of benzene rings is 1. The highest BCUT2D eigenvalue weighted by Crippen LogP contribution is 2.31. The van der Waals surface area contributed by atoms with Crippen molar-refractivity contribution < 1.29 is 4.79 Å². The molecule has 0 bridgehead atoms. The van der Waals surface area contributed by atoms with Gasteiger partial charge in [-0.25, -0.2) is 4.98 Å². The zero-order valence-corrected chi connectivity index (χ0v) is 14.5. The summed E-state index contributed by atoms with van der Waals surface area (Å²) in [5.41, 5.74) is 3.53. The Labute approximate surface area is 141 Å². The number of hydrogen-bond donors (Lipinski definition) is 1. The van der Waals surface area contributed by atoms with Crippen LogP contribution in [0, 0.1) is 6.92 Å². The molecule has 1 amide bonds. The molecule has 1 aliphatic rings. The Kier molecular flexibility index (Phi) is 5.06. The van der Waals surface area contributed by atoms with Crippen molar-refractivity contribution in [3.05, 3.63) is 36.0 Å². The summed E-state index contributed by atoms with van der Waals surface area (Å²) in [4.78, 5) is 16.8. The van der Waals surface area contributed by atoms with E-state index >= 15 is 0 Å². The van der Waals surface area contributed by atoms with Crippen molar-refractivity contribution in [1.29, 1.82) is 0 Å². The zero-order chi connectivity index (χ0) is 16.2. The second-order valence-electron chi connectivity index (χ2n) is 5.93. The molecular weight excluding hydrogens is 306 g/mol. The molecule has 0 unspecified atom stereocenters. The van der Waals surface area contributed by atoms with E-state index in [9.17, 15) is 4.79 Å². The van der Waals surface area contributed by atoms with Gasteiger partial charge in [0.1, 0.15) is 0 Å². The number of hydrogen-bond acceptors (Lipinski definition) is 3. The highest BCUT2D eigenvalue weighted by atomic mass is 32.2. The monoisotopic (exact) mass is 329 g/mol. The van der Waals surface area contributed by atoms with Crippen molar-refractivity contribution in [2.45, 2.75) is 50.1 Å². The van der Waals surface area contributed by atoms with Gasteiger partial charge in [-0.15, -0.1) is 0 Å². The van der Waals surface area contributed by atoms with Crippen LogP contribution >= 0.6 is 11.8 Å². The zero-order valence-electron chi connectivity index (χ0n) is 13.7. The summed E-state index contributed by atoms with van der Waals surface area (Å²) in [6.45, 7) is 5.86. The molecule has 1 aliphatic heterocycles. The van der Waals surface area contributed by atoms with E-state index in [1.165, 1.54) is 11.1 Å². The van der Waals surface area contributed by atoms with Crippen LogP contribution in [0.25, 0.3) is 11.3 Å². The van der Waals surface area contributed by atoms with Gasteiger partial charge in [0, 0.05) is 13.1 Å². The summed E-state index contributed by atoms with van der Waals surface area (Å²) >= 11 is 1.60. The number of imidazole rings is 1. The Hall–Kier alpha value is -1.75. The fourth-order valence-electron chi connectivity index (χ4n) is 2.86. The number of thioether (sulfide) groups is 1. The molecule has 4 nitrogen and oxygen atoms in total. The van der Waals surface area contributed by atoms with Crippen molar-refractivity contribution >= 4 is 17.7 Å². The number of amides is 1. The first kappa shape index (κ1) is 16.1. The van der Waals surface area contributed by atoms with Gasteiger partial charge < -0.3 is 9.88 Å². The number of aryl methyl sites for hydroxylation is 1. The fraction of sp³-hybridized carbons (Fsp3) is 0.444. The number of carbonyl (C=O) groups is 1. The van der Waals surface area contributed by atoms with E-state index in [0.717, 1.165) is 43.2 Å². The van der Waals surface area contributed by atoms with Crippen LogP contribution in [0.3, 0.4) is 0 Å². The summed E-state index contributed by atoms with van der Waals surface area (Å²) in [6.07, 6.45) is 5.01. The normalized spacial score (nSPS) is 18.5. The van der Waals surface area contributed by atoms with Crippen LogP contribution in [-0.4, -0.2) is 27.3 Å². The standard InChI is InChI=1S/C18H23N3OS/c1-3-21-15(14-9-7-13(2)8-10-14)12-20-18(21)23-16-6-4-5-11-19-17(16)22/h7-10,12,16H,3-6,11H2,1-2H3,(H,19,22)/t16-/m1/s1. The van der Waals surface area contributed by atoms with Crippen molar-refractivity contribution in [2.24, 2.45) is 0 Å². The summed E-state index contributed by atoms with van der Waals surface area (Å²) in [6, 6.07) is 8.50. The minimum Gasteiger partial charge on any atom is -0.355 e. The molecule has 23 heavy (non-hydrogen) atoms. The highest BCUT2D eigenvalue weighted by Gasteiger charge is 2.24. The van der Waals surface area contributed by atoms with Gasteiger partial charge in [-0.05, 0) is 32.3 Å². The number of carbonyl (C=O) groups excluding carboxylic acids is 1. The van der Waals surface area contributed by atoms with Gasteiger partial charge in [0.25, 0.3) is 0 Å². The van der Waals surface area contributed by atoms with Crippen molar-refractivity contribution in [1.82, 2.24) is 14.9 Å². The van der Waals surface area contributed by atoms with Crippen LogP contribution < -0.4 is 5.32 Å². The fourth-order valence-corrected chi connectivity index (χ4v) is 4.06. The molecule has 1 atom stereocenters. The predicted octanol–water partition coefficient (Wildman–Crippen LogP) is 3.64. The first-order valence-electron chi connectivity index (χ1n) is 8.26. The van der Waals surface area contributed by atoms with Gasteiger partial charge in [0.05, 0.1) is 17.1 Å². The van der Waals surface area contributed by atoms with Gasteiger partial charge in [-0.3, -0.25) is 4.79 Å². The Morgan fingerprint density at radius 3 is 2.83 bits per heavy atom. The SMILES string of the molecule is CCn1c(-c2ccc(C)cc2)cnc1S[C@@H]1CCCCNC1=O. The number of aromatic nitrogens is 2. The molecule has 2 heterocycles. The second-order valence-corrected chi connectivity index (χ2v) is 7.10. The molecule has 122 valence electrons. The predicted molar refractivity (Wildman–Crippen MR) is 94.6 cm³/mol. The van der Waals surface area contributed by atoms with E-state index in [2.05, 4.69) is 53.0 Å². The summed E-state index contributed by atoms with van der Waals surface area (Å²) in [5.74, 6) is 0.148. The van der Waals surface area contributed by atoms with Gasteiger partial charge in [-0.2, -0.15) is 0 Å². The van der Waals surface area contributed by atoms with E-state index in [1.54, 1.807) is 11.8 Å². The number of rotatable bonds is 4. The molecule has 2 aromatic rings. The lowest BCUT2D eigenvalue weighted by atomic mass is 10.1. The third kappa shape index (κ3) is 3.61. The molecule has 5 heteroatoms. The lowest BCUT2D eigenvalue weighted by molar-refractivity contribution is -0.120. The lowest BCUT2D eigenvalue weighted by Crippen LogP contribution is -2.30. The van der Waals surface area contributed by atoms with E-state index in [0.29, 0.717) is 0 Å². The molecule has 1 fully saturated rings. The Morgan fingerprint density at radius 2 is 2.09 bits per heavy atom.